The summed E-state index contributed by atoms with van der Waals surface area (Å²) in [6.07, 6.45) is 2.06. The van der Waals surface area contributed by atoms with Gasteiger partial charge in [-0.2, -0.15) is 13.2 Å². The highest BCUT2D eigenvalue weighted by molar-refractivity contribution is 14.1. The van der Waals surface area contributed by atoms with Crippen LogP contribution in [0, 0.1) is 50.1 Å². The molecule has 6 aromatic rings. The zero-order valence-corrected chi connectivity index (χ0v) is 68.5. The molecular weight excluding hydrogens is 1660 g/mol. The van der Waals surface area contributed by atoms with Gasteiger partial charge in [0.15, 0.2) is 14.3 Å². The number of nitrogens with two attached hydrogens (primary N) is 1. The fourth-order valence-corrected chi connectivity index (χ4v) is 19.8. The van der Waals surface area contributed by atoms with Crippen LogP contribution in [0.5, 0.6) is 11.5 Å². The monoisotopic (exact) mass is 1760 g/mol. The third kappa shape index (κ3) is 22.8. The molecule has 6 fully saturated rings. The molecule has 3 N–H and O–H groups in total. The highest BCUT2D eigenvalue weighted by Gasteiger charge is 2.64. The Hall–Kier alpha value is -4.35. The van der Waals surface area contributed by atoms with Crippen LogP contribution in [0.1, 0.15) is 198 Å². The second-order valence-corrected chi connectivity index (χ2v) is 37.4. The number of hydrogen-bond donors (Lipinski definition) is 2. The lowest BCUT2D eigenvalue weighted by atomic mass is 9.48. The van der Waals surface area contributed by atoms with Crippen LogP contribution in [0.2, 0.25) is 0 Å². The van der Waals surface area contributed by atoms with E-state index in [0.29, 0.717) is 49.7 Å². The normalized spacial score (nSPS) is 20.7. The third-order valence-electron chi connectivity index (χ3n) is 20.8. The Morgan fingerprint density at radius 2 is 1.16 bits per heavy atom. The summed E-state index contributed by atoms with van der Waals surface area (Å²) in [6.45, 7) is 29.7. The zero-order valence-electron chi connectivity index (χ0n) is 60.4. The summed E-state index contributed by atoms with van der Waals surface area (Å²) in [5, 5.41) is 25.3. The van der Waals surface area contributed by atoms with E-state index in [1.165, 1.54) is 43.5 Å². The van der Waals surface area contributed by atoms with E-state index in [1.807, 2.05) is 92.6 Å². The fourth-order valence-electron chi connectivity index (χ4n) is 13.1. The molecule has 1 aliphatic heterocycles. The number of benzene rings is 5. The Kier molecular flexibility index (Phi) is 29.7. The van der Waals surface area contributed by atoms with Crippen LogP contribution in [0.15, 0.2) is 115 Å². The van der Waals surface area contributed by atoms with E-state index in [0.717, 1.165) is 62.3 Å². The average molecular weight is 1760 g/mol. The molecule has 6 aliphatic rings. The summed E-state index contributed by atoms with van der Waals surface area (Å²) in [4.78, 5) is 50.9. The summed E-state index contributed by atoms with van der Waals surface area (Å²) in [7, 11) is -5.21. The minimum Gasteiger partial charge on any atom is -0.871 e. The van der Waals surface area contributed by atoms with Crippen molar-refractivity contribution < 1.29 is 79.8 Å². The molecule has 4 atom stereocenters. The Balaban J connectivity index is 0.000000199. The first-order valence-corrected chi connectivity index (χ1v) is 40.8. The van der Waals surface area contributed by atoms with E-state index in [1.54, 1.807) is 19.9 Å². The van der Waals surface area contributed by atoms with Crippen molar-refractivity contribution in [2.45, 2.75) is 222 Å². The molecule has 12 rings (SSSR count). The van der Waals surface area contributed by atoms with Gasteiger partial charge in [-0.25, -0.2) is 8.42 Å². The molecule has 552 valence electrons. The molecule has 1 aromatic heterocycles. The average Bonchev–Trinajstić information content (AvgIpc) is 0.913. The number of halogens is 6. The van der Waals surface area contributed by atoms with Crippen LogP contribution in [0.4, 0.5) is 13.2 Å². The van der Waals surface area contributed by atoms with Gasteiger partial charge in [0.05, 0.1) is 56.5 Å². The van der Waals surface area contributed by atoms with Gasteiger partial charge in [-0.1, -0.05) is 95.0 Å². The SMILES string of the molecule is CCC(C)(C)C(=O)OC(C)(C)C1C[NH2+]C1.CCC(C)(C)C(=O)OC1(C)CCCC1.CCC(C)(C)C(=O)OC12CC3CC(C1)CC(C(=O)OC(CS(=O)(=O)[O-])C(F)(F)F)(C3)C2.CCC(C)c1cccc(O)c1.[O-]c1c(I)cc(I)cc1I.c1ccc(-[s+]2c3ccccc3c3ccccc32)cc1. The number of carbonyl (C=O) groups excluding carboxylic acids is 4. The van der Waals surface area contributed by atoms with Gasteiger partial charge in [0, 0.05) is 38.4 Å². The standard InChI is InChI=1S/C20H29F3O7S.C18H13S.C12H23NO2.C12H22O2.C10H14O.C6H3I3O/c1-4-17(2,3)15(24)30-19-8-12-5-13(9-19)7-18(6-12,11-19)16(25)29-14(20(21,22)23)10-31(26,27)28;1-2-8-14(9-3-1)19-17-12-6-4-10-15(17)16-11-5-7-13-18(16)19;1-6-11(2,3)10(14)15-12(4,5)9-7-13-8-9;1-5-11(2,3)10(13)14-12(4)8-6-7-9-12;1-3-8(2)9-5-4-6-10(11)7-9;7-3-1-4(8)6(10)5(9)2-3/h12-14H,4-11H2,1-3H3,(H,26,27,28);1-13H;9,13H,6-8H2,1-5H3;5-9H2,1-4H3;4-8,11H,3H2,1-2H3;1-2,10H/q;+1;;;;/p-1. The van der Waals surface area contributed by atoms with Crippen molar-refractivity contribution in [1.29, 1.82) is 0 Å². The molecule has 22 heteroatoms. The van der Waals surface area contributed by atoms with Crippen molar-refractivity contribution in [2.75, 3.05) is 18.8 Å². The van der Waals surface area contributed by atoms with Crippen LogP contribution >= 0.6 is 78.2 Å². The van der Waals surface area contributed by atoms with Crippen LogP contribution in [0.3, 0.4) is 0 Å². The van der Waals surface area contributed by atoms with Crippen molar-refractivity contribution in [3.8, 4) is 16.4 Å². The smallest absolute Gasteiger partial charge is 0.426 e. The summed E-state index contributed by atoms with van der Waals surface area (Å²) in [5.74, 6) is -1.99. The number of alkyl halides is 3. The predicted molar refractivity (Wildman–Crippen MR) is 413 cm³/mol. The van der Waals surface area contributed by atoms with Crippen LogP contribution < -0.4 is 10.4 Å². The molecule has 100 heavy (non-hydrogen) atoms. The third-order valence-corrected chi connectivity index (χ3v) is 26.0. The molecule has 0 spiro atoms. The molecule has 1 saturated heterocycles. The van der Waals surface area contributed by atoms with Gasteiger partial charge in [0.2, 0.25) is 6.10 Å². The van der Waals surface area contributed by atoms with E-state index in [-0.39, 0.29) is 68.4 Å². The molecule has 0 radical (unpaired) electrons. The molecule has 14 nitrogen and oxygen atoms in total. The molecule has 4 bridgehead atoms. The van der Waals surface area contributed by atoms with E-state index < -0.39 is 56.5 Å². The van der Waals surface area contributed by atoms with Crippen LogP contribution in [-0.2, 0) is 48.2 Å². The Morgan fingerprint density at radius 3 is 1.61 bits per heavy atom. The number of hydrogen-bond acceptors (Lipinski definition) is 13. The van der Waals surface area contributed by atoms with Gasteiger partial charge in [0.25, 0.3) is 0 Å². The van der Waals surface area contributed by atoms with Crippen molar-refractivity contribution in [3.05, 3.63) is 132 Å². The topological polar surface area (TPSA) is 222 Å². The second kappa shape index (κ2) is 35.2. The Morgan fingerprint density at radius 1 is 0.680 bits per heavy atom. The number of phenols is 1. The first kappa shape index (κ1) is 84.6. The number of esters is 4. The van der Waals surface area contributed by atoms with Gasteiger partial charge < -0.3 is 39.0 Å². The fraction of sp³-hybridized carbons (Fsp3) is 0.564. The number of quaternary nitrogens is 1. The predicted octanol–water partition coefficient (Wildman–Crippen LogP) is 18.8. The maximum atomic E-state index is 13.3. The van der Waals surface area contributed by atoms with Gasteiger partial charge in [-0.3, -0.25) is 19.2 Å². The molecule has 4 unspecified atom stereocenters. The summed E-state index contributed by atoms with van der Waals surface area (Å²) >= 11 is 6.31. The lowest BCUT2D eigenvalue weighted by Gasteiger charge is -2.60. The number of aromatic hydroxyl groups is 1. The van der Waals surface area contributed by atoms with Gasteiger partial charge in [-0.15, -0.1) is 0 Å². The number of phenolic OH excluding ortho intramolecular Hbond substituents is 1. The Labute approximate surface area is 634 Å². The second-order valence-electron chi connectivity index (χ2n) is 30.4. The molecular formula is C78H103F3I3NO13S2. The van der Waals surface area contributed by atoms with E-state index in [4.69, 9.17) is 19.3 Å². The lowest BCUT2D eigenvalue weighted by molar-refractivity contribution is -0.728. The van der Waals surface area contributed by atoms with Gasteiger partial charge in [0.1, 0.15) is 22.6 Å². The highest BCUT2D eigenvalue weighted by atomic mass is 127. The molecule has 2 heterocycles. The van der Waals surface area contributed by atoms with E-state index in [9.17, 15) is 50.4 Å². The highest BCUT2D eigenvalue weighted by Crippen LogP contribution is 2.64. The summed E-state index contributed by atoms with van der Waals surface area (Å²) < 4.78 is 99.9. The maximum absolute atomic E-state index is 13.3. The summed E-state index contributed by atoms with van der Waals surface area (Å²) in [5.41, 5.74) is -2.91. The zero-order chi connectivity index (χ0) is 74.6. The number of carbonyl (C=O) groups is 4. The molecule has 5 aliphatic carbocycles. The maximum Gasteiger partial charge on any atom is 0.426 e. The van der Waals surface area contributed by atoms with Crippen molar-refractivity contribution in [2.24, 2.45) is 39.4 Å². The number of fused-ring (bicyclic) bond motifs is 3. The van der Waals surface area contributed by atoms with Gasteiger partial charge >= 0.3 is 30.1 Å². The van der Waals surface area contributed by atoms with Crippen molar-refractivity contribution in [3.63, 3.8) is 0 Å². The van der Waals surface area contributed by atoms with E-state index in [2.05, 4.69) is 177 Å². The molecule has 0 amide bonds. The van der Waals surface area contributed by atoms with Crippen LogP contribution in [-0.4, -0.2) is 89.9 Å². The van der Waals surface area contributed by atoms with Gasteiger partial charge in [-0.05, 0) is 298 Å². The first-order valence-electron chi connectivity index (χ1n) is 34.8. The number of rotatable bonds is 17. The van der Waals surface area contributed by atoms with Crippen molar-refractivity contribution in [1.82, 2.24) is 0 Å². The molecule has 5 aromatic carbocycles. The number of thiophene rings is 1. The van der Waals surface area contributed by atoms with Crippen molar-refractivity contribution >= 4 is 132 Å². The van der Waals surface area contributed by atoms with E-state index >= 15 is 0 Å². The Bertz CT molecular complexity index is 3770. The first-order chi connectivity index (χ1) is 46.5. The molecule has 5 saturated carbocycles. The number of ether oxygens (including phenoxy) is 4. The largest absolute Gasteiger partial charge is 0.871 e. The van der Waals surface area contributed by atoms with Crippen LogP contribution in [0.25, 0.3) is 25.1 Å². The minimum absolute atomic E-state index is 0.00100. The summed E-state index contributed by atoms with van der Waals surface area (Å²) in [6, 6.07) is 39.6. The quantitative estimate of drug-likeness (QED) is 0.0285. The minimum atomic E-state index is -5.27. The lowest BCUT2D eigenvalue weighted by Crippen LogP contribution is -2.98.